The van der Waals surface area contributed by atoms with Crippen molar-refractivity contribution in [2.45, 2.75) is 39.2 Å². The molecule has 2 aliphatic rings. The van der Waals surface area contributed by atoms with Gasteiger partial charge in [-0.15, -0.1) is 0 Å². The minimum absolute atomic E-state index is 0.338. The van der Waals surface area contributed by atoms with Gasteiger partial charge in [0.1, 0.15) is 0 Å². The average molecular weight is 239 g/mol. The number of hydrogen-bond donors (Lipinski definition) is 1. The molecule has 2 aliphatic heterocycles. The van der Waals surface area contributed by atoms with Crippen molar-refractivity contribution >= 4 is 0 Å². The Hall–Kier alpha value is -0.120. The summed E-state index contributed by atoms with van der Waals surface area (Å²) in [6.07, 6.45) is 2.76. The van der Waals surface area contributed by atoms with Gasteiger partial charge < -0.3 is 10.2 Å². The van der Waals surface area contributed by atoms with Crippen LogP contribution >= 0.6 is 0 Å². The van der Waals surface area contributed by atoms with Crippen molar-refractivity contribution in [3.63, 3.8) is 0 Å². The zero-order chi connectivity index (χ0) is 12.3. The van der Waals surface area contributed by atoms with Gasteiger partial charge in [-0.1, -0.05) is 13.3 Å². The van der Waals surface area contributed by atoms with E-state index in [1.807, 2.05) is 0 Å². The van der Waals surface area contributed by atoms with Gasteiger partial charge in [0.25, 0.3) is 0 Å². The Bertz CT molecular complexity index is 234. The molecule has 3 heteroatoms. The molecule has 1 atom stereocenters. The first-order chi connectivity index (χ1) is 8.12. The Kier molecular flexibility index (Phi) is 4.45. The molecule has 0 aromatic rings. The van der Waals surface area contributed by atoms with Crippen LogP contribution in [0.4, 0.5) is 0 Å². The summed E-state index contributed by atoms with van der Waals surface area (Å²) in [7, 11) is 0. The molecule has 0 saturated carbocycles. The van der Waals surface area contributed by atoms with E-state index >= 15 is 0 Å². The van der Waals surface area contributed by atoms with Gasteiger partial charge in [-0.25, -0.2) is 0 Å². The fraction of sp³-hybridized carbons (Fsp3) is 1.00. The quantitative estimate of drug-likeness (QED) is 0.800. The summed E-state index contributed by atoms with van der Waals surface area (Å²) in [5.74, 6) is 0.953. The molecule has 0 amide bonds. The molecular weight excluding hydrogens is 210 g/mol. The lowest BCUT2D eigenvalue weighted by Gasteiger charge is -2.43. The first-order valence-electron chi connectivity index (χ1n) is 7.30. The van der Waals surface area contributed by atoms with Crippen molar-refractivity contribution in [2.75, 3.05) is 45.8 Å². The maximum Gasteiger partial charge on any atom is 0.0281 e. The van der Waals surface area contributed by atoms with E-state index in [1.54, 1.807) is 0 Å². The fourth-order valence-electron chi connectivity index (χ4n) is 3.31. The maximum atomic E-state index is 3.44. The van der Waals surface area contributed by atoms with Crippen LogP contribution in [0.25, 0.3) is 0 Å². The van der Waals surface area contributed by atoms with Crippen LogP contribution in [-0.4, -0.2) is 61.2 Å². The van der Waals surface area contributed by atoms with Crippen molar-refractivity contribution in [3.8, 4) is 0 Å². The highest BCUT2D eigenvalue weighted by Crippen LogP contribution is 2.23. The fourth-order valence-corrected chi connectivity index (χ4v) is 3.31. The monoisotopic (exact) mass is 239 g/mol. The molecule has 100 valence electrons. The van der Waals surface area contributed by atoms with E-state index in [0.29, 0.717) is 5.54 Å². The standard InChI is InChI=1S/C14H29N3/c1-4-13-5-8-16(11-13)12-14(2,3)17-9-6-15-7-10-17/h13,15H,4-12H2,1-3H3. The van der Waals surface area contributed by atoms with Crippen molar-refractivity contribution in [1.82, 2.24) is 15.1 Å². The highest BCUT2D eigenvalue weighted by atomic mass is 15.3. The van der Waals surface area contributed by atoms with Crippen molar-refractivity contribution in [2.24, 2.45) is 5.92 Å². The normalized spacial score (nSPS) is 28.8. The van der Waals surface area contributed by atoms with Gasteiger partial charge in [0, 0.05) is 44.8 Å². The Morgan fingerprint density at radius 1 is 1.18 bits per heavy atom. The van der Waals surface area contributed by atoms with E-state index in [-0.39, 0.29) is 0 Å². The van der Waals surface area contributed by atoms with E-state index in [2.05, 4.69) is 35.9 Å². The van der Waals surface area contributed by atoms with Gasteiger partial charge >= 0.3 is 0 Å². The molecule has 0 aromatic carbocycles. The van der Waals surface area contributed by atoms with Gasteiger partial charge in [0.05, 0.1) is 0 Å². The van der Waals surface area contributed by atoms with Gasteiger partial charge in [0.2, 0.25) is 0 Å². The van der Waals surface area contributed by atoms with Crippen LogP contribution in [0.5, 0.6) is 0 Å². The molecular formula is C14H29N3. The molecule has 3 nitrogen and oxygen atoms in total. The van der Waals surface area contributed by atoms with E-state index in [9.17, 15) is 0 Å². The summed E-state index contributed by atoms with van der Waals surface area (Å²) in [5, 5.41) is 3.44. The van der Waals surface area contributed by atoms with Gasteiger partial charge in [-0.3, -0.25) is 4.90 Å². The lowest BCUT2D eigenvalue weighted by molar-refractivity contribution is 0.0696. The molecule has 0 radical (unpaired) electrons. The maximum absolute atomic E-state index is 3.44. The molecule has 0 aliphatic carbocycles. The number of likely N-dealkylation sites (tertiary alicyclic amines) is 1. The van der Waals surface area contributed by atoms with Crippen LogP contribution in [0.2, 0.25) is 0 Å². The number of piperazine rings is 1. The lowest BCUT2D eigenvalue weighted by atomic mass is 10.0. The molecule has 2 heterocycles. The van der Waals surface area contributed by atoms with E-state index in [1.165, 1.54) is 45.6 Å². The molecule has 2 rings (SSSR count). The Morgan fingerprint density at radius 3 is 2.47 bits per heavy atom. The second-order valence-electron chi connectivity index (χ2n) is 6.35. The van der Waals surface area contributed by atoms with Crippen LogP contribution in [0.15, 0.2) is 0 Å². The average Bonchev–Trinajstić information content (AvgIpc) is 2.77. The first-order valence-corrected chi connectivity index (χ1v) is 7.30. The first kappa shape index (κ1) is 13.3. The summed E-state index contributed by atoms with van der Waals surface area (Å²) < 4.78 is 0. The molecule has 1 unspecified atom stereocenters. The Labute approximate surface area is 107 Å². The van der Waals surface area contributed by atoms with Gasteiger partial charge in [-0.2, -0.15) is 0 Å². The third kappa shape index (κ3) is 3.43. The summed E-state index contributed by atoms with van der Waals surface area (Å²) in [5.41, 5.74) is 0.338. The molecule has 2 fully saturated rings. The number of nitrogens with one attached hydrogen (secondary N) is 1. The predicted octanol–water partition coefficient (Wildman–Crippen LogP) is 1.40. The van der Waals surface area contributed by atoms with Crippen LogP contribution in [0.1, 0.15) is 33.6 Å². The largest absolute Gasteiger partial charge is 0.314 e. The molecule has 17 heavy (non-hydrogen) atoms. The Morgan fingerprint density at radius 2 is 1.88 bits per heavy atom. The Balaban J connectivity index is 1.83. The van der Waals surface area contributed by atoms with E-state index in [0.717, 1.165) is 19.0 Å². The summed E-state index contributed by atoms with van der Waals surface area (Å²) in [6.45, 7) is 15.8. The third-order valence-electron chi connectivity index (χ3n) is 4.53. The van der Waals surface area contributed by atoms with Crippen LogP contribution < -0.4 is 5.32 Å². The van der Waals surface area contributed by atoms with Crippen molar-refractivity contribution in [1.29, 1.82) is 0 Å². The second-order valence-corrected chi connectivity index (χ2v) is 6.35. The third-order valence-corrected chi connectivity index (χ3v) is 4.53. The molecule has 0 spiro atoms. The van der Waals surface area contributed by atoms with Gasteiger partial charge in [0.15, 0.2) is 0 Å². The van der Waals surface area contributed by atoms with Crippen molar-refractivity contribution < 1.29 is 0 Å². The summed E-state index contributed by atoms with van der Waals surface area (Å²) in [4.78, 5) is 5.33. The summed E-state index contributed by atoms with van der Waals surface area (Å²) in [6, 6.07) is 0. The number of nitrogens with zero attached hydrogens (tertiary/aromatic N) is 2. The highest BCUT2D eigenvalue weighted by molar-refractivity contribution is 4.89. The van der Waals surface area contributed by atoms with E-state index in [4.69, 9.17) is 0 Å². The van der Waals surface area contributed by atoms with Crippen molar-refractivity contribution in [3.05, 3.63) is 0 Å². The second kappa shape index (κ2) is 5.68. The van der Waals surface area contributed by atoms with Gasteiger partial charge in [-0.05, 0) is 32.7 Å². The molecule has 1 N–H and O–H groups in total. The van der Waals surface area contributed by atoms with Crippen LogP contribution in [0, 0.1) is 5.92 Å². The topological polar surface area (TPSA) is 18.5 Å². The zero-order valence-electron chi connectivity index (χ0n) is 11.8. The SMILES string of the molecule is CCC1CCN(CC(C)(C)N2CCNCC2)C1. The smallest absolute Gasteiger partial charge is 0.0281 e. The number of rotatable bonds is 4. The zero-order valence-corrected chi connectivity index (χ0v) is 11.8. The van der Waals surface area contributed by atoms with Crippen LogP contribution in [0.3, 0.4) is 0 Å². The predicted molar refractivity (Wildman–Crippen MR) is 73.4 cm³/mol. The van der Waals surface area contributed by atoms with Crippen LogP contribution in [-0.2, 0) is 0 Å². The summed E-state index contributed by atoms with van der Waals surface area (Å²) >= 11 is 0. The lowest BCUT2D eigenvalue weighted by Crippen LogP contribution is -2.57. The molecule has 0 bridgehead atoms. The number of hydrogen-bond acceptors (Lipinski definition) is 3. The van der Waals surface area contributed by atoms with E-state index < -0.39 is 0 Å². The molecule has 2 saturated heterocycles. The highest BCUT2D eigenvalue weighted by Gasteiger charge is 2.32. The molecule has 0 aromatic heterocycles. The minimum Gasteiger partial charge on any atom is -0.314 e. The minimum atomic E-state index is 0.338.